The van der Waals surface area contributed by atoms with Crippen LogP contribution in [0.15, 0.2) is 78.1 Å². The molecule has 11 heteroatoms. The van der Waals surface area contributed by atoms with Crippen molar-refractivity contribution in [1.29, 1.82) is 0 Å². The minimum Gasteiger partial charge on any atom is -0.491 e. The van der Waals surface area contributed by atoms with Crippen LogP contribution in [0.5, 0.6) is 5.75 Å². The van der Waals surface area contributed by atoms with Gasteiger partial charge in [0.1, 0.15) is 17.9 Å². The van der Waals surface area contributed by atoms with Crippen molar-refractivity contribution in [1.82, 2.24) is 29.5 Å². The van der Waals surface area contributed by atoms with Crippen molar-refractivity contribution in [2.75, 3.05) is 44.2 Å². The number of rotatable bonds is 8. The standard InChI is InChI=1S/C39H42N8O3/c1-26(2)50-32-11-8-29(9-12-32)35-36-31(22-40-35)10-13-33(42-36)47-21-17-39(38(47)49)16-20-45(24-39)23-34(48)46-18-14-28(15-19-46)27-4-6-30(7-5-27)37-41-25-44(3)43-37/h4-14,25-26H,15-24H2,1-3H3/t39-/m0/s1. The van der Waals surface area contributed by atoms with E-state index >= 15 is 0 Å². The van der Waals surface area contributed by atoms with Crippen molar-refractivity contribution >= 4 is 28.9 Å². The molecule has 2 aromatic carbocycles. The summed E-state index contributed by atoms with van der Waals surface area (Å²) in [5, 5.41) is 4.38. The first kappa shape index (κ1) is 32.1. The highest BCUT2D eigenvalue weighted by molar-refractivity contribution is 6.14. The maximum atomic E-state index is 14.0. The summed E-state index contributed by atoms with van der Waals surface area (Å²) in [6, 6.07) is 20.3. The summed E-state index contributed by atoms with van der Waals surface area (Å²) in [7, 11) is 1.86. The number of amides is 2. The van der Waals surface area contributed by atoms with Crippen LogP contribution in [0.3, 0.4) is 0 Å². The van der Waals surface area contributed by atoms with Gasteiger partial charge in [0, 0.05) is 49.9 Å². The number of aromatic nitrogens is 4. The number of carbonyl (C=O) groups excluding carboxylic acids is 2. The van der Waals surface area contributed by atoms with Crippen LogP contribution in [0.25, 0.3) is 17.0 Å². The van der Waals surface area contributed by atoms with E-state index in [1.165, 1.54) is 5.57 Å². The lowest BCUT2D eigenvalue weighted by Crippen LogP contribution is -2.43. The van der Waals surface area contributed by atoms with Crippen LogP contribution >= 0.6 is 0 Å². The van der Waals surface area contributed by atoms with Crippen LogP contribution in [0.4, 0.5) is 5.82 Å². The summed E-state index contributed by atoms with van der Waals surface area (Å²) in [5.74, 6) is 2.44. The molecule has 0 saturated carbocycles. The quantitative estimate of drug-likeness (QED) is 0.266. The molecule has 50 heavy (non-hydrogen) atoms. The van der Waals surface area contributed by atoms with Crippen molar-refractivity contribution in [3.8, 4) is 17.1 Å². The zero-order valence-electron chi connectivity index (χ0n) is 28.9. The molecule has 0 aliphatic carbocycles. The van der Waals surface area contributed by atoms with Gasteiger partial charge in [-0.15, -0.1) is 0 Å². The van der Waals surface area contributed by atoms with Gasteiger partial charge in [-0.2, -0.15) is 5.10 Å². The van der Waals surface area contributed by atoms with Crippen molar-refractivity contribution < 1.29 is 14.3 Å². The molecule has 8 rings (SSSR count). The normalized spacial score (nSPS) is 20.5. The van der Waals surface area contributed by atoms with Crippen LogP contribution in [-0.2, 0) is 23.2 Å². The van der Waals surface area contributed by atoms with E-state index in [1.54, 1.807) is 11.0 Å². The Kier molecular flexibility index (Phi) is 8.30. The average molecular weight is 671 g/mol. The van der Waals surface area contributed by atoms with Gasteiger partial charge in [0.05, 0.1) is 36.0 Å². The summed E-state index contributed by atoms with van der Waals surface area (Å²) < 4.78 is 7.51. The fourth-order valence-corrected chi connectivity index (χ4v) is 7.66. The summed E-state index contributed by atoms with van der Waals surface area (Å²) in [4.78, 5) is 47.5. The second-order valence-electron chi connectivity index (χ2n) is 14.1. The fourth-order valence-electron chi connectivity index (χ4n) is 7.66. The Morgan fingerprint density at radius 2 is 1.70 bits per heavy atom. The van der Waals surface area contributed by atoms with E-state index in [2.05, 4.69) is 39.3 Å². The molecule has 0 N–H and O–H groups in total. The van der Waals surface area contributed by atoms with Crippen molar-refractivity contribution in [2.45, 2.75) is 45.8 Å². The Hall–Kier alpha value is -5.16. The van der Waals surface area contributed by atoms with E-state index in [0.717, 1.165) is 65.2 Å². The number of aryl methyl sites for hydroxylation is 1. The molecule has 4 aliphatic rings. The minimum absolute atomic E-state index is 0.108. The number of pyridine rings is 1. The number of carbonyl (C=O) groups is 2. The van der Waals surface area contributed by atoms with E-state index in [-0.39, 0.29) is 17.9 Å². The molecule has 256 valence electrons. The van der Waals surface area contributed by atoms with Crippen molar-refractivity contribution in [3.63, 3.8) is 0 Å². The molecule has 0 unspecified atom stereocenters. The smallest absolute Gasteiger partial charge is 0.237 e. The van der Waals surface area contributed by atoms with Crippen LogP contribution in [0, 0.1) is 5.41 Å². The largest absolute Gasteiger partial charge is 0.491 e. The van der Waals surface area contributed by atoms with Gasteiger partial charge in [-0.1, -0.05) is 36.4 Å². The number of hydrogen-bond donors (Lipinski definition) is 0. The van der Waals surface area contributed by atoms with Gasteiger partial charge in [0.2, 0.25) is 11.8 Å². The van der Waals surface area contributed by atoms with Gasteiger partial charge < -0.3 is 9.64 Å². The van der Waals surface area contributed by atoms with E-state index in [4.69, 9.17) is 14.7 Å². The maximum Gasteiger partial charge on any atom is 0.237 e. The predicted octanol–water partition coefficient (Wildman–Crippen LogP) is 4.76. The van der Waals surface area contributed by atoms with Gasteiger partial charge in [0.15, 0.2) is 5.82 Å². The van der Waals surface area contributed by atoms with Crippen LogP contribution in [-0.4, -0.2) is 92.4 Å². The maximum absolute atomic E-state index is 14.0. The molecule has 6 heterocycles. The fraction of sp³-hybridized carbons (Fsp3) is 0.385. The van der Waals surface area contributed by atoms with E-state index in [1.807, 2.05) is 73.2 Å². The zero-order valence-corrected chi connectivity index (χ0v) is 28.9. The Morgan fingerprint density at radius 3 is 2.42 bits per heavy atom. The third-order valence-electron chi connectivity index (χ3n) is 10.4. The summed E-state index contributed by atoms with van der Waals surface area (Å²) in [5.41, 5.74) is 6.65. The second-order valence-corrected chi connectivity index (χ2v) is 14.1. The summed E-state index contributed by atoms with van der Waals surface area (Å²) in [6.07, 6.45) is 6.29. The molecule has 1 atom stereocenters. The molecule has 2 fully saturated rings. The summed E-state index contributed by atoms with van der Waals surface area (Å²) >= 11 is 0. The molecule has 11 nitrogen and oxygen atoms in total. The SMILES string of the molecule is CC(C)Oc1ccc(C2=NCc3ccc(N4CC[C@]5(CCN(CC(=O)N6CC=C(c7ccc(-c8ncn(C)n8)cc7)CC6)C5)C4=O)nc32)cc1. The highest BCUT2D eigenvalue weighted by atomic mass is 16.5. The van der Waals surface area contributed by atoms with Gasteiger partial charge in [-0.25, -0.2) is 9.97 Å². The van der Waals surface area contributed by atoms with Gasteiger partial charge in [-0.3, -0.25) is 29.1 Å². The highest BCUT2D eigenvalue weighted by Gasteiger charge is 2.51. The first-order valence-corrected chi connectivity index (χ1v) is 17.5. The van der Waals surface area contributed by atoms with Crippen molar-refractivity contribution in [3.05, 3.63) is 95.5 Å². The molecule has 4 aliphatic heterocycles. The van der Waals surface area contributed by atoms with Gasteiger partial charge in [0.25, 0.3) is 0 Å². The molecule has 2 aromatic heterocycles. The number of hydrogen-bond acceptors (Lipinski definition) is 8. The Morgan fingerprint density at radius 1 is 0.940 bits per heavy atom. The predicted molar refractivity (Wildman–Crippen MR) is 192 cm³/mol. The molecule has 4 aromatic rings. The number of nitrogens with zero attached hydrogens (tertiary/aromatic N) is 8. The number of ether oxygens (including phenoxy) is 1. The van der Waals surface area contributed by atoms with Crippen LogP contribution in [0.2, 0.25) is 0 Å². The molecular formula is C39H42N8O3. The Labute approximate surface area is 292 Å². The minimum atomic E-state index is -0.476. The Bertz CT molecular complexity index is 2000. The first-order chi connectivity index (χ1) is 24.2. The van der Waals surface area contributed by atoms with E-state index in [0.29, 0.717) is 50.9 Å². The topological polar surface area (TPSA) is 109 Å². The average Bonchev–Trinajstić information content (AvgIpc) is 3.92. The molecule has 0 radical (unpaired) electrons. The molecule has 2 amide bonds. The molecule has 1 spiro atoms. The van der Waals surface area contributed by atoms with Crippen molar-refractivity contribution in [2.24, 2.45) is 17.5 Å². The molecular weight excluding hydrogens is 628 g/mol. The first-order valence-electron chi connectivity index (χ1n) is 17.5. The van der Waals surface area contributed by atoms with Gasteiger partial charge >= 0.3 is 0 Å². The lowest BCUT2D eigenvalue weighted by Gasteiger charge is -2.29. The number of anilines is 1. The lowest BCUT2D eigenvalue weighted by atomic mass is 9.85. The number of benzene rings is 2. The Balaban J connectivity index is 0.876. The third kappa shape index (κ3) is 6.10. The van der Waals surface area contributed by atoms with Gasteiger partial charge in [-0.05, 0) is 81.1 Å². The van der Waals surface area contributed by atoms with Crippen LogP contribution < -0.4 is 9.64 Å². The third-order valence-corrected chi connectivity index (χ3v) is 10.4. The van der Waals surface area contributed by atoms with E-state index in [9.17, 15) is 9.59 Å². The lowest BCUT2D eigenvalue weighted by molar-refractivity contribution is -0.132. The highest BCUT2D eigenvalue weighted by Crippen LogP contribution is 2.42. The van der Waals surface area contributed by atoms with E-state index < -0.39 is 5.41 Å². The molecule has 2 saturated heterocycles. The number of aliphatic imine (C=N–C) groups is 1. The second kappa shape index (κ2) is 12.9. The number of fused-ring (bicyclic) bond motifs is 1. The van der Waals surface area contributed by atoms with Crippen LogP contribution in [0.1, 0.15) is 55.5 Å². The molecule has 0 bridgehead atoms. The summed E-state index contributed by atoms with van der Waals surface area (Å²) in [6.45, 7) is 8.17. The zero-order chi connectivity index (χ0) is 34.4. The monoisotopic (exact) mass is 670 g/mol. The number of likely N-dealkylation sites (tertiary alicyclic amines) is 1.